The van der Waals surface area contributed by atoms with Crippen molar-refractivity contribution in [1.29, 1.82) is 0 Å². The maximum atomic E-state index is 12.7. The fourth-order valence-corrected chi connectivity index (χ4v) is 3.28. The Morgan fingerprint density at radius 1 is 0.735 bits per heavy atom. The summed E-state index contributed by atoms with van der Waals surface area (Å²) in [5.74, 6) is 0.848. The molecular formula is C27H30N2O5. The van der Waals surface area contributed by atoms with Gasteiger partial charge in [0.15, 0.2) is 6.61 Å². The van der Waals surface area contributed by atoms with Crippen LogP contribution in [0.1, 0.15) is 36.7 Å². The largest absolute Gasteiger partial charge is 0.492 e. The van der Waals surface area contributed by atoms with E-state index in [0.29, 0.717) is 47.4 Å². The van der Waals surface area contributed by atoms with Crippen LogP contribution >= 0.6 is 0 Å². The summed E-state index contributed by atoms with van der Waals surface area (Å²) in [5.41, 5.74) is 2.53. The van der Waals surface area contributed by atoms with Gasteiger partial charge in [-0.2, -0.15) is 0 Å². The molecule has 0 bridgehead atoms. The Kier molecular flexibility index (Phi) is 8.91. The third kappa shape index (κ3) is 6.75. The summed E-state index contributed by atoms with van der Waals surface area (Å²) in [6.07, 6.45) is 0.883. The van der Waals surface area contributed by atoms with Gasteiger partial charge in [0, 0.05) is 17.7 Å². The van der Waals surface area contributed by atoms with Crippen LogP contribution in [0.2, 0.25) is 0 Å². The van der Waals surface area contributed by atoms with Gasteiger partial charge in [-0.25, -0.2) is 0 Å². The Labute approximate surface area is 200 Å². The van der Waals surface area contributed by atoms with Gasteiger partial charge in [0.1, 0.15) is 17.2 Å². The Hall–Kier alpha value is -4.00. The highest BCUT2D eigenvalue weighted by Crippen LogP contribution is 2.37. The van der Waals surface area contributed by atoms with E-state index < -0.39 is 0 Å². The van der Waals surface area contributed by atoms with Crippen LogP contribution in [-0.2, 0) is 11.2 Å². The fraction of sp³-hybridized carbons (Fsp3) is 0.259. The minimum Gasteiger partial charge on any atom is -0.492 e. The molecule has 0 saturated carbocycles. The molecule has 0 aliphatic heterocycles. The zero-order valence-corrected chi connectivity index (χ0v) is 19.7. The van der Waals surface area contributed by atoms with E-state index in [1.807, 2.05) is 44.2 Å². The van der Waals surface area contributed by atoms with Crippen molar-refractivity contribution < 1.29 is 23.8 Å². The molecule has 178 valence electrons. The number of benzene rings is 3. The first-order valence-corrected chi connectivity index (χ1v) is 11.4. The molecule has 34 heavy (non-hydrogen) atoms. The minimum absolute atomic E-state index is 0.158. The number of amides is 2. The molecule has 2 N–H and O–H groups in total. The van der Waals surface area contributed by atoms with Crippen LogP contribution < -0.4 is 24.8 Å². The van der Waals surface area contributed by atoms with Gasteiger partial charge >= 0.3 is 0 Å². The molecule has 0 unspecified atom stereocenters. The first-order chi connectivity index (χ1) is 16.5. The number of carbonyl (C=O) groups is 2. The van der Waals surface area contributed by atoms with Gasteiger partial charge in [-0.15, -0.1) is 0 Å². The van der Waals surface area contributed by atoms with Crippen LogP contribution in [0, 0.1) is 0 Å². The van der Waals surface area contributed by atoms with E-state index in [0.717, 1.165) is 12.0 Å². The lowest BCUT2D eigenvalue weighted by atomic mass is 10.2. The summed E-state index contributed by atoms with van der Waals surface area (Å²) >= 11 is 0. The van der Waals surface area contributed by atoms with Crippen LogP contribution in [0.4, 0.5) is 11.4 Å². The Morgan fingerprint density at radius 3 is 2.00 bits per heavy atom. The van der Waals surface area contributed by atoms with Gasteiger partial charge in [0.05, 0.1) is 24.6 Å². The van der Waals surface area contributed by atoms with Crippen molar-refractivity contribution in [2.45, 2.75) is 27.2 Å². The SMILES string of the molecule is CCOc1cc(NC(=O)c2ccccc2)c(OCC)cc1NC(=O)COc1cccc(CC)c1. The van der Waals surface area contributed by atoms with Gasteiger partial charge in [0.25, 0.3) is 11.8 Å². The highest BCUT2D eigenvalue weighted by atomic mass is 16.5. The molecule has 0 radical (unpaired) electrons. The third-order valence-electron chi connectivity index (χ3n) is 4.92. The van der Waals surface area contributed by atoms with Crippen LogP contribution in [-0.4, -0.2) is 31.6 Å². The average Bonchev–Trinajstić information content (AvgIpc) is 2.86. The second-order valence-electron chi connectivity index (χ2n) is 7.37. The lowest BCUT2D eigenvalue weighted by Crippen LogP contribution is -2.21. The standard InChI is InChI=1S/C27H30N2O5/c1-4-19-11-10-14-21(15-19)34-18-26(30)28-22-16-25(33-6-3)23(17-24(22)32-5-2)29-27(31)20-12-8-7-9-13-20/h7-17H,4-6,18H2,1-3H3,(H,28,30)(H,29,31). The van der Waals surface area contributed by atoms with Crippen LogP contribution in [0.25, 0.3) is 0 Å². The number of hydrogen-bond acceptors (Lipinski definition) is 5. The van der Waals surface area contributed by atoms with Gasteiger partial charge in [-0.1, -0.05) is 37.3 Å². The van der Waals surface area contributed by atoms with Crippen molar-refractivity contribution in [3.05, 3.63) is 77.9 Å². The number of hydrogen-bond donors (Lipinski definition) is 2. The number of aryl methyl sites for hydroxylation is 1. The molecular weight excluding hydrogens is 432 g/mol. The Bertz CT molecular complexity index is 1120. The molecule has 3 rings (SSSR count). The number of carbonyl (C=O) groups excluding carboxylic acids is 2. The number of rotatable bonds is 11. The highest BCUT2D eigenvalue weighted by molar-refractivity contribution is 6.05. The summed E-state index contributed by atoms with van der Waals surface area (Å²) in [7, 11) is 0. The Morgan fingerprint density at radius 2 is 1.38 bits per heavy atom. The van der Waals surface area contributed by atoms with Crippen LogP contribution in [0.3, 0.4) is 0 Å². The summed E-state index contributed by atoms with van der Waals surface area (Å²) < 4.78 is 17.1. The van der Waals surface area contributed by atoms with Crippen molar-refractivity contribution in [3.8, 4) is 17.2 Å². The Balaban J connectivity index is 1.78. The van der Waals surface area contributed by atoms with E-state index in [1.165, 1.54) is 0 Å². The molecule has 2 amide bonds. The number of nitrogens with one attached hydrogen (secondary N) is 2. The summed E-state index contributed by atoms with van der Waals surface area (Å²) in [6, 6.07) is 19.8. The number of ether oxygens (including phenoxy) is 3. The predicted molar refractivity (Wildman–Crippen MR) is 133 cm³/mol. The van der Waals surface area contributed by atoms with E-state index in [-0.39, 0.29) is 18.4 Å². The smallest absolute Gasteiger partial charge is 0.262 e. The highest BCUT2D eigenvalue weighted by Gasteiger charge is 2.17. The fourth-order valence-electron chi connectivity index (χ4n) is 3.28. The molecule has 3 aromatic carbocycles. The molecule has 0 aromatic heterocycles. The normalized spacial score (nSPS) is 10.3. The van der Waals surface area contributed by atoms with E-state index in [9.17, 15) is 9.59 Å². The zero-order chi connectivity index (χ0) is 24.3. The molecule has 0 atom stereocenters. The summed E-state index contributed by atoms with van der Waals surface area (Å²) in [4.78, 5) is 25.3. The number of anilines is 2. The van der Waals surface area contributed by atoms with Gasteiger partial charge in [-0.05, 0) is 50.1 Å². The van der Waals surface area contributed by atoms with E-state index in [1.54, 1.807) is 36.4 Å². The third-order valence-corrected chi connectivity index (χ3v) is 4.92. The molecule has 7 nitrogen and oxygen atoms in total. The maximum Gasteiger partial charge on any atom is 0.262 e. The van der Waals surface area contributed by atoms with Gasteiger partial charge in [-0.3, -0.25) is 9.59 Å². The van der Waals surface area contributed by atoms with Crippen molar-refractivity contribution >= 4 is 23.2 Å². The summed E-state index contributed by atoms with van der Waals surface area (Å²) in [5, 5.41) is 5.69. The molecule has 0 aliphatic rings. The summed E-state index contributed by atoms with van der Waals surface area (Å²) in [6.45, 7) is 6.34. The monoisotopic (exact) mass is 462 g/mol. The molecule has 0 saturated heterocycles. The minimum atomic E-state index is -0.341. The second-order valence-corrected chi connectivity index (χ2v) is 7.37. The quantitative estimate of drug-likeness (QED) is 0.403. The second kappa shape index (κ2) is 12.3. The molecule has 0 heterocycles. The lowest BCUT2D eigenvalue weighted by molar-refractivity contribution is -0.118. The van der Waals surface area contributed by atoms with E-state index >= 15 is 0 Å². The molecule has 0 aliphatic carbocycles. The molecule has 0 spiro atoms. The lowest BCUT2D eigenvalue weighted by Gasteiger charge is -2.18. The van der Waals surface area contributed by atoms with Gasteiger partial charge in [0.2, 0.25) is 0 Å². The molecule has 3 aromatic rings. The zero-order valence-electron chi connectivity index (χ0n) is 19.7. The van der Waals surface area contributed by atoms with Crippen LogP contribution in [0.5, 0.6) is 17.2 Å². The maximum absolute atomic E-state index is 12.7. The van der Waals surface area contributed by atoms with Crippen LogP contribution in [0.15, 0.2) is 66.7 Å². The average molecular weight is 463 g/mol. The van der Waals surface area contributed by atoms with E-state index in [2.05, 4.69) is 17.6 Å². The first-order valence-electron chi connectivity index (χ1n) is 11.4. The van der Waals surface area contributed by atoms with Gasteiger partial charge < -0.3 is 24.8 Å². The predicted octanol–water partition coefficient (Wildman–Crippen LogP) is 5.32. The van der Waals surface area contributed by atoms with Crippen molar-refractivity contribution in [2.75, 3.05) is 30.5 Å². The first kappa shape index (κ1) is 24.6. The molecule has 0 fully saturated rings. The van der Waals surface area contributed by atoms with Crippen molar-refractivity contribution in [1.82, 2.24) is 0 Å². The van der Waals surface area contributed by atoms with Crippen molar-refractivity contribution in [2.24, 2.45) is 0 Å². The topological polar surface area (TPSA) is 85.9 Å². The molecule has 7 heteroatoms. The van der Waals surface area contributed by atoms with E-state index in [4.69, 9.17) is 14.2 Å². The van der Waals surface area contributed by atoms with Crippen molar-refractivity contribution in [3.63, 3.8) is 0 Å².